The van der Waals surface area contributed by atoms with E-state index in [1.807, 2.05) is 0 Å². The van der Waals surface area contributed by atoms with Crippen molar-refractivity contribution in [2.75, 3.05) is 0 Å². The van der Waals surface area contributed by atoms with Crippen LogP contribution in [0.15, 0.2) is 41.5 Å². The van der Waals surface area contributed by atoms with E-state index >= 15 is 0 Å². The van der Waals surface area contributed by atoms with Crippen molar-refractivity contribution in [2.24, 2.45) is 0 Å². The minimum atomic E-state index is 0.237. The van der Waals surface area contributed by atoms with Crippen LogP contribution < -0.4 is 0 Å². The van der Waals surface area contributed by atoms with Gasteiger partial charge in [0.2, 0.25) is 0 Å². The molecule has 0 atom stereocenters. The number of rotatable bonds is 3. The van der Waals surface area contributed by atoms with Gasteiger partial charge in [0.05, 0.1) is 0 Å². The molecule has 102 valence electrons. The first-order chi connectivity index (χ1) is 8.97. The second-order valence-corrected chi connectivity index (χ2v) is 6.44. The molecule has 1 aromatic carbocycles. The highest BCUT2D eigenvalue weighted by atomic mass is 14.2. The molecule has 0 bridgehead atoms. The van der Waals surface area contributed by atoms with Crippen LogP contribution in [0.4, 0.5) is 0 Å². The van der Waals surface area contributed by atoms with Crippen LogP contribution in [-0.4, -0.2) is 0 Å². The second kappa shape index (κ2) is 5.36. The van der Waals surface area contributed by atoms with Gasteiger partial charge in [-0.25, -0.2) is 0 Å². The number of hydrogen-bond donors (Lipinski definition) is 0. The Labute approximate surface area is 118 Å². The van der Waals surface area contributed by atoms with Crippen LogP contribution in [0.1, 0.15) is 65.0 Å². The van der Waals surface area contributed by atoms with E-state index < -0.39 is 0 Å². The summed E-state index contributed by atoms with van der Waals surface area (Å²) >= 11 is 0. The van der Waals surface area contributed by atoms with Crippen LogP contribution in [0.3, 0.4) is 0 Å². The predicted octanol–water partition coefficient (Wildman–Crippen LogP) is 5.89. The fourth-order valence-corrected chi connectivity index (χ4v) is 2.90. The van der Waals surface area contributed by atoms with Gasteiger partial charge < -0.3 is 0 Å². The lowest BCUT2D eigenvalue weighted by Gasteiger charge is -2.19. The van der Waals surface area contributed by atoms with Crippen molar-refractivity contribution in [3.63, 3.8) is 0 Å². The Bertz CT molecular complexity index is 504. The smallest absolute Gasteiger partial charge is 0.0124 e. The Hall–Kier alpha value is -1.30. The van der Waals surface area contributed by atoms with Crippen molar-refractivity contribution < 1.29 is 0 Å². The zero-order valence-corrected chi connectivity index (χ0v) is 13.0. The minimum absolute atomic E-state index is 0.237. The zero-order valence-electron chi connectivity index (χ0n) is 13.0. The molecule has 0 N–H and O–H groups in total. The number of hydrogen-bond acceptors (Lipinski definition) is 0. The fourth-order valence-electron chi connectivity index (χ4n) is 2.90. The molecule has 0 spiro atoms. The first-order valence-corrected chi connectivity index (χ1v) is 7.49. The predicted molar refractivity (Wildman–Crippen MR) is 85.3 cm³/mol. The molecule has 0 fully saturated rings. The molecule has 1 aliphatic rings. The van der Waals surface area contributed by atoms with Gasteiger partial charge in [-0.15, -0.1) is 0 Å². The summed E-state index contributed by atoms with van der Waals surface area (Å²) < 4.78 is 0. The van der Waals surface area contributed by atoms with Gasteiger partial charge in [0.1, 0.15) is 0 Å². The van der Waals surface area contributed by atoms with Crippen molar-refractivity contribution in [1.82, 2.24) is 0 Å². The van der Waals surface area contributed by atoms with Gasteiger partial charge >= 0.3 is 0 Å². The van der Waals surface area contributed by atoms with Crippen LogP contribution >= 0.6 is 0 Å². The molecule has 0 nitrogen and oxygen atoms in total. The van der Waals surface area contributed by atoms with Gasteiger partial charge in [-0.3, -0.25) is 0 Å². The number of allylic oxidation sites excluding steroid dienone is 4. The molecule has 0 unspecified atom stereocenters. The maximum atomic E-state index is 2.41. The number of benzene rings is 1. The van der Waals surface area contributed by atoms with E-state index in [1.54, 1.807) is 11.1 Å². The van der Waals surface area contributed by atoms with Crippen LogP contribution in [0, 0.1) is 0 Å². The average Bonchev–Trinajstić information content (AvgIpc) is 2.80. The maximum Gasteiger partial charge on any atom is -0.0124 e. The van der Waals surface area contributed by atoms with E-state index in [-0.39, 0.29) is 5.41 Å². The SMILES string of the molecule is CCC1=C(CC)C(c2ccc(C(C)(C)C)cc2)=CC1. The summed E-state index contributed by atoms with van der Waals surface area (Å²) in [5.74, 6) is 0. The Morgan fingerprint density at radius 1 is 0.947 bits per heavy atom. The lowest BCUT2D eigenvalue weighted by atomic mass is 9.85. The Kier molecular flexibility index (Phi) is 3.99. The van der Waals surface area contributed by atoms with Gasteiger partial charge in [0, 0.05) is 0 Å². The van der Waals surface area contributed by atoms with Gasteiger partial charge in [-0.2, -0.15) is 0 Å². The van der Waals surface area contributed by atoms with E-state index in [0.717, 1.165) is 12.8 Å². The Balaban J connectivity index is 2.32. The Morgan fingerprint density at radius 3 is 2.05 bits per heavy atom. The molecule has 0 saturated heterocycles. The van der Waals surface area contributed by atoms with Crippen LogP contribution in [0.25, 0.3) is 5.57 Å². The molecule has 1 aliphatic carbocycles. The third-order valence-electron chi connectivity index (χ3n) is 4.15. The van der Waals surface area contributed by atoms with E-state index in [0.29, 0.717) is 0 Å². The third kappa shape index (κ3) is 2.83. The van der Waals surface area contributed by atoms with E-state index in [9.17, 15) is 0 Å². The van der Waals surface area contributed by atoms with Gasteiger partial charge in [-0.05, 0) is 47.0 Å². The van der Waals surface area contributed by atoms with Gasteiger partial charge in [0.25, 0.3) is 0 Å². The Morgan fingerprint density at radius 2 is 1.58 bits per heavy atom. The normalized spacial score (nSPS) is 15.9. The summed E-state index contributed by atoms with van der Waals surface area (Å²) in [5.41, 5.74) is 7.70. The monoisotopic (exact) mass is 254 g/mol. The minimum Gasteiger partial charge on any atom is -0.0723 e. The third-order valence-corrected chi connectivity index (χ3v) is 4.15. The summed E-state index contributed by atoms with van der Waals surface area (Å²) in [4.78, 5) is 0. The molecule has 1 aromatic rings. The van der Waals surface area contributed by atoms with Crippen LogP contribution in [0.5, 0.6) is 0 Å². The zero-order chi connectivity index (χ0) is 14.0. The van der Waals surface area contributed by atoms with E-state index in [4.69, 9.17) is 0 Å². The highest BCUT2D eigenvalue weighted by Crippen LogP contribution is 2.37. The molecular weight excluding hydrogens is 228 g/mol. The summed E-state index contributed by atoms with van der Waals surface area (Å²) in [5, 5.41) is 0. The van der Waals surface area contributed by atoms with Gasteiger partial charge in [-0.1, -0.05) is 70.5 Å². The molecule has 2 rings (SSSR count). The quantitative estimate of drug-likeness (QED) is 0.631. The van der Waals surface area contributed by atoms with Crippen molar-refractivity contribution in [3.8, 4) is 0 Å². The standard InChI is InChI=1S/C19H26/c1-6-14-10-13-18(17(14)7-2)15-8-11-16(12-9-15)19(3,4)5/h8-9,11-13H,6-7,10H2,1-5H3. The molecule has 0 heterocycles. The molecule has 0 saturated carbocycles. The summed E-state index contributed by atoms with van der Waals surface area (Å²) in [6, 6.07) is 9.15. The molecule has 19 heavy (non-hydrogen) atoms. The lowest BCUT2D eigenvalue weighted by molar-refractivity contribution is 0.590. The van der Waals surface area contributed by atoms with Gasteiger partial charge in [0.15, 0.2) is 0 Å². The fraction of sp³-hybridized carbons (Fsp3) is 0.474. The first-order valence-electron chi connectivity index (χ1n) is 7.49. The molecule has 0 aromatic heterocycles. The van der Waals surface area contributed by atoms with Crippen molar-refractivity contribution in [1.29, 1.82) is 0 Å². The highest BCUT2D eigenvalue weighted by molar-refractivity contribution is 5.82. The van der Waals surface area contributed by atoms with Crippen LogP contribution in [0.2, 0.25) is 0 Å². The van der Waals surface area contributed by atoms with Crippen molar-refractivity contribution in [3.05, 3.63) is 52.6 Å². The highest BCUT2D eigenvalue weighted by Gasteiger charge is 2.18. The average molecular weight is 254 g/mol. The van der Waals surface area contributed by atoms with E-state index in [2.05, 4.69) is 65.0 Å². The maximum absolute atomic E-state index is 2.41. The lowest BCUT2D eigenvalue weighted by Crippen LogP contribution is -2.10. The topological polar surface area (TPSA) is 0 Å². The summed E-state index contributed by atoms with van der Waals surface area (Å²) in [6.07, 6.45) is 5.89. The molecule has 0 amide bonds. The first kappa shape index (κ1) is 14.1. The van der Waals surface area contributed by atoms with E-state index in [1.165, 1.54) is 23.1 Å². The summed E-state index contributed by atoms with van der Waals surface area (Å²) in [6.45, 7) is 11.3. The van der Waals surface area contributed by atoms with Crippen LogP contribution in [-0.2, 0) is 5.41 Å². The molecule has 0 aliphatic heterocycles. The molecular formula is C19H26. The largest absolute Gasteiger partial charge is 0.0723 e. The van der Waals surface area contributed by atoms with Crippen molar-refractivity contribution >= 4 is 5.57 Å². The molecule has 0 heteroatoms. The second-order valence-electron chi connectivity index (χ2n) is 6.44. The van der Waals surface area contributed by atoms with Crippen molar-refractivity contribution in [2.45, 2.75) is 59.3 Å². The molecule has 0 radical (unpaired) electrons. The summed E-state index contributed by atoms with van der Waals surface area (Å²) in [7, 11) is 0.